The van der Waals surface area contributed by atoms with E-state index >= 15 is 0 Å². The fourth-order valence-corrected chi connectivity index (χ4v) is 1.20. The first-order valence-electron chi connectivity index (χ1n) is 4.08. The normalized spacial score (nSPS) is 10.8. The average molecular weight is 228 g/mol. The van der Waals surface area contributed by atoms with E-state index in [9.17, 15) is 19.1 Å². The molecule has 2 N–H and O–H groups in total. The van der Waals surface area contributed by atoms with E-state index in [2.05, 4.69) is 5.32 Å². The van der Waals surface area contributed by atoms with E-state index in [0.717, 1.165) is 0 Å². The Kier molecular flexibility index (Phi) is 3.85. The SMILES string of the molecule is O=C(NCP(=O)([O-])[O-])Nc1ccccc1. The number of urea groups is 1. The Morgan fingerprint density at radius 1 is 1.27 bits per heavy atom. The summed E-state index contributed by atoms with van der Waals surface area (Å²) in [5.74, 6) is 0. The lowest BCUT2D eigenvalue weighted by Crippen LogP contribution is -2.34. The third-order valence-electron chi connectivity index (χ3n) is 1.46. The van der Waals surface area contributed by atoms with Gasteiger partial charge in [0.2, 0.25) is 0 Å². The van der Waals surface area contributed by atoms with Crippen LogP contribution in [0.2, 0.25) is 0 Å². The van der Waals surface area contributed by atoms with Gasteiger partial charge in [0.25, 0.3) is 0 Å². The van der Waals surface area contributed by atoms with E-state index in [1.807, 2.05) is 5.32 Å². The first-order valence-corrected chi connectivity index (χ1v) is 5.81. The minimum absolute atomic E-state index is 0.515. The third-order valence-corrected chi connectivity index (χ3v) is 2.01. The number of hydrogen-bond acceptors (Lipinski definition) is 4. The Bertz CT molecular complexity index is 375. The fraction of sp³-hybridized carbons (Fsp3) is 0.125. The van der Waals surface area contributed by atoms with Crippen molar-refractivity contribution in [2.24, 2.45) is 0 Å². The van der Waals surface area contributed by atoms with Crippen molar-refractivity contribution in [3.8, 4) is 0 Å². The Balaban J connectivity index is 2.41. The quantitative estimate of drug-likeness (QED) is 0.691. The van der Waals surface area contributed by atoms with Gasteiger partial charge in [-0.2, -0.15) is 0 Å². The molecule has 1 aromatic carbocycles. The zero-order valence-corrected chi connectivity index (χ0v) is 8.57. The van der Waals surface area contributed by atoms with Crippen LogP contribution >= 0.6 is 7.60 Å². The lowest BCUT2D eigenvalue weighted by Gasteiger charge is -2.29. The van der Waals surface area contributed by atoms with Crippen LogP contribution in [-0.4, -0.2) is 12.3 Å². The summed E-state index contributed by atoms with van der Waals surface area (Å²) >= 11 is 0. The van der Waals surface area contributed by atoms with Gasteiger partial charge in [0.05, 0.1) is 0 Å². The highest BCUT2D eigenvalue weighted by molar-refractivity contribution is 7.48. The molecule has 1 aromatic rings. The van der Waals surface area contributed by atoms with Crippen molar-refractivity contribution in [3.05, 3.63) is 30.3 Å². The van der Waals surface area contributed by atoms with Gasteiger partial charge in [-0.05, 0) is 19.7 Å². The van der Waals surface area contributed by atoms with Crippen molar-refractivity contribution in [1.82, 2.24) is 5.32 Å². The van der Waals surface area contributed by atoms with Crippen LogP contribution in [0, 0.1) is 0 Å². The van der Waals surface area contributed by atoms with Crippen LogP contribution in [0.4, 0.5) is 10.5 Å². The number of rotatable bonds is 3. The molecule has 0 aliphatic carbocycles. The first-order chi connectivity index (χ1) is 6.97. The van der Waals surface area contributed by atoms with E-state index in [0.29, 0.717) is 5.69 Å². The predicted octanol–water partition coefficient (Wildman–Crippen LogP) is -0.321. The van der Waals surface area contributed by atoms with Gasteiger partial charge in [-0.15, -0.1) is 0 Å². The molecule has 6 nitrogen and oxygen atoms in total. The summed E-state index contributed by atoms with van der Waals surface area (Å²) in [6.45, 7) is 0. The predicted molar refractivity (Wildman–Crippen MR) is 51.1 cm³/mol. The number of carbonyl (C=O) groups excluding carboxylic acids is 1. The van der Waals surface area contributed by atoms with Crippen LogP contribution in [0.1, 0.15) is 0 Å². The number of para-hydroxylation sites is 1. The molecule has 0 aliphatic heterocycles. The summed E-state index contributed by atoms with van der Waals surface area (Å²) in [5, 5.41) is 4.30. The third kappa shape index (κ3) is 5.17. The maximum Gasteiger partial charge on any atom is 0.319 e. The molecule has 7 heteroatoms. The number of hydrogen-bond donors (Lipinski definition) is 2. The van der Waals surface area contributed by atoms with Crippen molar-refractivity contribution < 1.29 is 19.1 Å². The van der Waals surface area contributed by atoms with Crippen LogP contribution in [0.25, 0.3) is 0 Å². The zero-order chi connectivity index (χ0) is 11.3. The molecule has 0 radical (unpaired) electrons. The van der Waals surface area contributed by atoms with Crippen molar-refractivity contribution in [2.45, 2.75) is 0 Å². The molecule has 2 amide bonds. The number of carbonyl (C=O) groups is 1. The molecule has 0 heterocycles. The van der Waals surface area contributed by atoms with Crippen LogP contribution in [0.5, 0.6) is 0 Å². The minimum Gasteiger partial charge on any atom is -0.810 e. The van der Waals surface area contributed by atoms with Gasteiger partial charge in [0.1, 0.15) is 0 Å². The van der Waals surface area contributed by atoms with Gasteiger partial charge in [-0.25, -0.2) is 4.79 Å². The van der Waals surface area contributed by atoms with Crippen LogP contribution in [-0.2, 0) is 4.57 Å². The summed E-state index contributed by atoms with van der Waals surface area (Å²) in [6.07, 6.45) is -0.897. The second-order valence-electron chi connectivity index (χ2n) is 2.77. The summed E-state index contributed by atoms with van der Waals surface area (Å²) in [6, 6.07) is 7.73. The highest BCUT2D eigenvalue weighted by Gasteiger charge is 2.00. The Labute approximate surface area is 86.5 Å². The van der Waals surface area contributed by atoms with Crippen LogP contribution in [0.15, 0.2) is 30.3 Å². The van der Waals surface area contributed by atoms with Gasteiger partial charge >= 0.3 is 6.03 Å². The van der Waals surface area contributed by atoms with Gasteiger partial charge in [0.15, 0.2) is 0 Å². The summed E-state index contributed by atoms with van der Waals surface area (Å²) in [4.78, 5) is 31.5. The lowest BCUT2D eigenvalue weighted by atomic mass is 10.3. The number of benzene rings is 1. The largest absolute Gasteiger partial charge is 0.810 e. The molecule has 0 aromatic heterocycles. The molecule has 1 rings (SSSR count). The molecular formula is C8H9N2O4P-2. The molecule has 0 unspecified atom stereocenters. The topological polar surface area (TPSA) is 104 Å². The minimum atomic E-state index is -4.70. The standard InChI is InChI=1S/C8H11N2O4P/c11-8(9-6-15(12,13)14)10-7-4-2-1-3-5-7/h1-5H,6H2,(H2,9,10,11)(H2,12,13,14)/p-2. The molecule has 15 heavy (non-hydrogen) atoms. The van der Waals surface area contributed by atoms with E-state index in [1.165, 1.54) is 0 Å². The fourth-order valence-electron chi connectivity index (χ4n) is 0.865. The first kappa shape index (κ1) is 11.7. The van der Waals surface area contributed by atoms with Crippen molar-refractivity contribution >= 4 is 19.3 Å². The number of anilines is 1. The van der Waals surface area contributed by atoms with Crippen LogP contribution in [0.3, 0.4) is 0 Å². The highest BCUT2D eigenvalue weighted by Crippen LogP contribution is 2.19. The van der Waals surface area contributed by atoms with Gasteiger partial charge < -0.3 is 25.0 Å². The molecule has 0 spiro atoms. The second-order valence-corrected chi connectivity index (χ2v) is 4.30. The molecule has 0 bridgehead atoms. The maximum absolute atomic E-state index is 11.0. The summed E-state index contributed by atoms with van der Waals surface area (Å²) < 4.78 is 10.2. The number of nitrogens with one attached hydrogen (secondary N) is 2. The Morgan fingerprint density at radius 2 is 1.87 bits per heavy atom. The van der Waals surface area contributed by atoms with Crippen molar-refractivity contribution in [2.75, 3.05) is 11.6 Å². The van der Waals surface area contributed by atoms with E-state index in [1.54, 1.807) is 30.3 Å². The number of amides is 2. The monoisotopic (exact) mass is 228 g/mol. The molecule has 0 fully saturated rings. The smallest absolute Gasteiger partial charge is 0.319 e. The molecule has 82 valence electrons. The van der Waals surface area contributed by atoms with Gasteiger partial charge in [-0.1, -0.05) is 18.2 Å². The molecular weight excluding hydrogens is 219 g/mol. The summed E-state index contributed by atoms with van der Waals surface area (Å²) in [5.41, 5.74) is 0.515. The Hall–Kier alpha value is -1.36. The van der Waals surface area contributed by atoms with Crippen molar-refractivity contribution in [1.29, 1.82) is 0 Å². The van der Waals surface area contributed by atoms with E-state index < -0.39 is 19.9 Å². The molecule has 0 saturated heterocycles. The lowest BCUT2D eigenvalue weighted by molar-refractivity contribution is -0.313. The van der Waals surface area contributed by atoms with Crippen LogP contribution < -0.4 is 20.4 Å². The molecule has 0 aliphatic rings. The van der Waals surface area contributed by atoms with E-state index in [4.69, 9.17) is 0 Å². The van der Waals surface area contributed by atoms with Gasteiger partial charge in [0, 0.05) is 12.0 Å². The summed E-state index contributed by atoms with van der Waals surface area (Å²) in [7, 11) is -4.70. The van der Waals surface area contributed by atoms with Gasteiger partial charge in [-0.3, -0.25) is 0 Å². The highest BCUT2D eigenvalue weighted by atomic mass is 31.2. The Morgan fingerprint density at radius 3 is 2.40 bits per heavy atom. The molecule has 0 atom stereocenters. The zero-order valence-electron chi connectivity index (χ0n) is 7.67. The molecule has 0 saturated carbocycles. The average Bonchev–Trinajstić information content (AvgIpc) is 2.15. The van der Waals surface area contributed by atoms with E-state index in [-0.39, 0.29) is 0 Å². The maximum atomic E-state index is 11.0. The van der Waals surface area contributed by atoms with Crippen molar-refractivity contribution in [3.63, 3.8) is 0 Å². The second kappa shape index (κ2) is 4.93.